The van der Waals surface area contributed by atoms with Crippen molar-refractivity contribution in [3.05, 3.63) is 120 Å². The van der Waals surface area contributed by atoms with Gasteiger partial charge in [-0.15, -0.1) is 0 Å². The van der Waals surface area contributed by atoms with Gasteiger partial charge in [-0.3, -0.25) is 4.90 Å². The molecule has 7 rings (SSSR count). The molecule has 2 bridgehead atoms. The van der Waals surface area contributed by atoms with Crippen LogP contribution in [0.3, 0.4) is 0 Å². The number of anilines is 2. The largest absolute Gasteiger partial charge is 0.457 e. The minimum Gasteiger partial charge on any atom is -0.457 e. The van der Waals surface area contributed by atoms with Gasteiger partial charge < -0.3 is 30.0 Å². The number of fused-ring (bicyclic) bond motifs is 2. The second-order valence-corrected chi connectivity index (χ2v) is 15.1. The molecule has 256 valence electrons. The summed E-state index contributed by atoms with van der Waals surface area (Å²) in [6.07, 6.45) is 3.81. The second kappa shape index (κ2) is 14.0. The Kier molecular flexibility index (Phi) is 9.48. The number of aliphatic hydroxyl groups excluding tert-OH is 1. The first kappa shape index (κ1) is 33.3. The molecule has 3 fully saturated rings. The summed E-state index contributed by atoms with van der Waals surface area (Å²) >= 11 is 0. The molecule has 8 nitrogen and oxygen atoms in total. The minimum atomic E-state index is -0.547. The quantitative estimate of drug-likeness (QED) is 0.166. The maximum absolute atomic E-state index is 12.8. The SMILES string of the molecule is CC1(C)CC2CC(C)(CN2C[C@H]2C[C@@H](c3ccc(CO)cc3)O[C@@H](c3ccc(NC(=O)Nc4ccc(Oc5ccccc5)cc4)cc3)O2)C1. The van der Waals surface area contributed by atoms with Gasteiger partial charge in [0, 0.05) is 42.5 Å². The first-order valence-electron chi connectivity index (χ1n) is 17.4. The molecular formula is C41H47N3O5. The number of likely N-dealkylation sites (tertiary alicyclic amines) is 1. The number of ether oxygens (including phenoxy) is 3. The lowest BCUT2D eigenvalue weighted by Gasteiger charge is -2.41. The van der Waals surface area contributed by atoms with E-state index >= 15 is 0 Å². The van der Waals surface area contributed by atoms with Crippen LogP contribution in [0.5, 0.6) is 11.5 Å². The molecule has 8 heteroatoms. The third-order valence-corrected chi connectivity index (χ3v) is 10.1. The highest BCUT2D eigenvalue weighted by molar-refractivity contribution is 5.99. The van der Waals surface area contributed by atoms with Gasteiger partial charge in [0.1, 0.15) is 11.5 Å². The van der Waals surface area contributed by atoms with E-state index in [1.54, 1.807) is 12.1 Å². The summed E-state index contributed by atoms with van der Waals surface area (Å²) in [6.45, 7) is 9.27. The number of rotatable bonds is 9. The Morgan fingerprint density at radius 2 is 1.45 bits per heavy atom. The van der Waals surface area contributed by atoms with Crippen LogP contribution >= 0.6 is 0 Å². The van der Waals surface area contributed by atoms with E-state index in [1.165, 1.54) is 19.3 Å². The maximum Gasteiger partial charge on any atom is 0.323 e. The van der Waals surface area contributed by atoms with Gasteiger partial charge >= 0.3 is 6.03 Å². The van der Waals surface area contributed by atoms with E-state index in [9.17, 15) is 9.90 Å². The topological polar surface area (TPSA) is 92.3 Å². The molecular weight excluding hydrogens is 614 g/mol. The third kappa shape index (κ3) is 8.16. The molecule has 49 heavy (non-hydrogen) atoms. The molecule has 4 aromatic carbocycles. The average molecular weight is 662 g/mol. The Hall–Kier alpha value is -4.21. The normalized spacial score (nSPS) is 26.2. The van der Waals surface area contributed by atoms with E-state index in [-0.39, 0.29) is 24.8 Å². The van der Waals surface area contributed by atoms with Crippen molar-refractivity contribution >= 4 is 17.4 Å². The number of amides is 2. The van der Waals surface area contributed by atoms with Gasteiger partial charge in [0.2, 0.25) is 0 Å². The Labute approximate surface area is 289 Å². The molecule has 0 radical (unpaired) electrons. The van der Waals surface area contributed by atoms with Crippen LogP contribution in [0.4, 0.5) is 16.2 Å². The third-order valence-electron chi connectivity index (χ3n) is 10.1. The average Bonchev–Trinajstić information content (AvgIpc) is 3.33. The molecule has 1 aliphatic carbocycles. The van der Waals surface area contributed by atoms with E-state index in [2.05, 4.69) is 48.4 Å². The van der Waals surface area contributed by atoms with Crippen LogP contribution in [0.1, 0.15) is 75.5 Å². The predicted molar refractivity (Wildman–Crippen MR) is 192 cm³/mol. The number of hydrogen-bond donors (Lipinski definition) is 3. The summed E-state index contributed by atoms with van der Waals surface area (Å²) in [5, 5.41) is 15.4. The molecule has 2 unspecified atom stereocenters. The van der Waals surface area contributed by atoms with Crippen LogP contribution in [-0.4, -0.2) is 41.3 Å². The summed E-state index contributed by atoms with van der Waals surface area (Å²) in [7, 11) is 0. The smallest absolute Gasteiger partial charge is 0.323 e. The second-order valence-electron chi connectivity index (χ2n) is 15.1. The Balaban J connectivity index is 1.00. The minimum absolute atomic E-state index is 0.000362. The Bertz CT molecular complexity index is 1710. The lowest BCUT2D eigenvalue weighted by molar-refractivity contribution is -0.253. The predicted octanol–water partition coefficient (Wildman–Crippen LogP) is 9.06. The summed E-state index contributed by atoms with van der Waals surface area (Å²) in [6, 6.07) is 32.7. The number of nitrogens with zero attached hydrogens (tertiary/aromatic N) is 1. The number of hydrogen-bond acceptors (Lipinski definition) is 6. The van der Waals surface area contributed by atoms with Gasteiger partial charge in [-0.05, 0) is 89.8 Å². The Morgan fingerprint density at radius 3 is 2.12 bits per heavy atom. The molecule has 1 saturated carbocycles. The van der Waals surface area contributed by atoms with Gasteiger partial charge in [-0.2, -0.15) is 0 Å². The zero-order valence-electron chi connectivity index (χ0n) is 28.6. The molecule has 2 amide bonds. The van der Waals surface area contributed by atoms with Crippen LogP contribution in [0, 0.1) is 10.8 Å². The number of urea groups is 1. The van der Waals surface area contributed by atoms with Crippen LogP contribution < -0.4 is 15.4 Å². The van der Waals surface area contributed by atoms with Crippen molar-refractivity contribution in [3.8, 4) is 11.5 Å². The van der Waals surface area contributed by atoms with E-state index in [1.807, 2.05) is 78.9 Å². The highest BCUT2D eigenvalue weighted by atomic mass is 16.7. The molecule has 3 N–H and O–H groups in total. The number of para-hydroxylation sites is 1. The molecule has 0 aromatic heterocycles. The van der Waals surface area contributed by atoms with Gasteiger partial charge in [0.05, 0.1) is 18.8 Å². The fourth-order valence-electron chi connectivity index (χ4n) is 8.33. The van der Waals surface area contributed by atoms with Crippen molar-refractivity contribution in [2.45, 2.75) is 77.6 Å². The lowest BCUT2D eigenvalue weighted by Crippen LogP contribution is -2.42. The van der Waals surface area contributed by atoms with Gasteiger partial charge in [0.15, 0.2) is 6.29 Å². The van der Waals surface area contributed by atoms with Crippen LogP contribution in [0.15, 0.2) is 103 Å². The van der Waals surface area contributed by atoms with E-state index in [0.29, 0.717) is 34.0 Å². The summed E-state index contributed by atoms with van der Waals surface area (Å²) in [5.41, 5.74) is 4.89. The van der Waals surface area contributed by atoms with Gasteiger partial charge in [-0.1, -0.05) is 75.4 Å². The fraction of sp³-hybridized carbons (Fsp3) is 0.390. The summed E-state index contributed by atoms with van der Waals surface area (Å²) < 4.78 is 19.1. The number of aliphatic hydroxyl groups is 1. The van der Waals surface area contributed by atoms with Crippen molar-refractivity contribution in [3.63, 3.8) is 0 Å². The molecule has 2 saturated heterocycles. The first-order valence-corrected chi connectivity index (χ1v) is 17.4. The Morgan fingerprint density at radius 1 is 0.816 bits per heavy atom. The van der Waals surface area contributed by atoms with Crippen molar-refractivity contribution in [2.24, 2.45) is 10.8 Å². The monoisotopic (exact) mass is 661 g/mol. The van der Waals surface area contributed by atoms with E-state index in [4.69, 9.17) is 14.2 Å². The summed E-state index contributed by atoms with van der Waals surface area (Å²) in [5.74, 6) is 1.44. The zero-order chi connectivity index (χ0) is 34.0. The number of benzene rings is 4. The molecule has 3 aliphatic rings. The fourth-order valence-corrected chi connectivity index (χ4v) is 8.33. The van der Waals surface area contributed by atoms with Gasteiger partial charge in [-0.25, -0.2) is 4.79 Å². The number of carbonyl (C=O) groups is 1. The molecule has 2 heterocycles. The standard InChI is InChI=1S/C41H47N3O5/c1-40(2)22-33-23-41(3,26-40)27-44(33)24-36-21-37(29-11-9-28(25-45)10-12-29)49-38(48-36)30-13-15-31(16-14-30)42-39(46)43-32-17-19-35(20-18-32)47-34-7-5-4-6-8-34/h4-20,33,36-38,45H,21-27H2,1-3H3,(H2,42,43,46)/t33?,36-,37+,38+,41?/m1/s1. The maximum atomic E-state index is 12.8. The molecule has 5 atom stereocenters. The van der Waals surface area contributed by atoms with Crippen molar-refractivity contribution in [1.82, 2.24) is 4.90 Å². The number of carbonyl (C=O) groups excluding carboxylic acids is 1. The first-order chi connectivity index (χ1) is 23.6. The van der Waals surface area contributed by atoms with Gasteiger partial charge in [0.25, 0.3) is 0 Å². The van der Waals surface area contributed by atoms with Crippen LogP contribution in [0.2, 0.25) is 0 Å². The molecule has 0 spiro atoms. The van der Waals surface area contributed by atoms with Crippen molar-refractivity contribution in [2.75, 3.05) is 23.7 Å². The van der Waals surface area contributed by atoms with Crippen molar-refractivity contribution in [1.29, 1.82) is 0 Å². The highest BCUT2D eigenvalue weighted by Crippen LogP contribution is 2.53. The molecule has 2 aliphatic heterocycles. The number of nitrogens with one attached hydrogen (secondary N) is 2. The van der Waals surface area contributed by atoms with Crippen molar-refractivity contribution < 1.29 is 24.1 Å². The van der Waals surface area contributed by atoms with E-state index in [0.717, 1.165) is 42.0 Å². The highest BCUT2D eigenvalue weighted by Gasteiger charge is 2.50. The summed E-state index contributed by atoms with van der Waals surface area (Å²) in [4.78, 5) is 15.5. The van der Waals surface area contributed by atoms with E-state index < -0.39 is 6.29 Å². The molecule has 4 aromatic rings. The van der Waals surface area contributed by atoms with Crippen LogP contribution in [-0.2, 0) is 16.1 Å². The zero-order valence-corrected chi connectivity index (χ0v) is 28.6. The van der Waals surface area contributed by atoms with Crippen LogP contribution in [0.25, 0.3) is 0 Å². The lowest BCUT2D eigenvalue weighted by atomic mass is 9.65.